The summed E-state index contributed by atoms with van der Waals surface area (Å²) >= 11 is 0. The molecule has 2 aromatic carbocycles. The van der Waals surface area contributed by atoms with Crippen LogP contribution in [0.25, 0.3) is 11.1 Å². The zero-order valence-electron chi connectivity index (χ0n) is 25.3. The number of hydrogen-bond acceptors (Lipinski definition) is 4. The van der Waals surface area contributed by atoms with E-state index in [1.807, 2.05) is 72.8 Å². The first-order chi connectivity index (χ1) is 20.4. The fourth-order valence-corrected chi connectivity index (χ4v) is 6.35. The Hall–Kier alpha value is -3.85. The number of likely N-dealkylation sites (tertiary alicyclic amines) is 1. The van der Waals surface area contributed by atoms with Crippen LogP contribution in [-0.2, 0) is 20.9 Å². The van der Waals surface area contributed by atoms with Gasteiger partial charge in [-0.2, -0.15) is 0 Å². The zero-order chi connectivity index (χ0) is 30.9. The second-order valence-electron chi connectivity index (χ2n) is 13.0. The molecular formula is C34H40F2N4O3. The molecule has 7 nitrogen and oxygen atoms in total. The lowest BCUT2D eigenvalue weighted by atomic mass is 9.82. The number of amides is 3. The summed E-state index contributed by atoms with van der Waals surface area (Å²) in [4.78, 5) is 42.6. The zero-order valence-corrected chi connectivity index (χ0v) is 25.3. The summed E-state index contributed by atoms with van der Waals surface area (Å²) in [5.41, 5.74) is 1.92. The molecule has 9 heteroatoms. The summed E-state index contributed by atoms with van der Waals surface area (Å²) in [5.74, 6) is -2.31. The SMILES string of the molecule is CC1CC(=O)N(CC(=O)N(CC2CCNC2)C(c2cc(-c3cc(F)ccc3F)cn2Cc2ccccc2)C(C)(C)C)C1=O. The smallest absolute Gasteiger partial charge is 0.243 e. The number of imide groups is 1. The Morgan fingerprint density at radius 3 is 2.47 bits per heavy atom. The first-order valence-corrected chi connectivity index (χ1v) is 15.0. The van der Waals surface area contributed by atoms with E-state index in [4.69, 9.17) is 0 Å². The lowest BCUT2D eigenvalue weighted by Crippen LogP contribution is -2.49. The Morgan fingerprint density at radius 1 is 1.09 bits per heavy atom. The van der Waals surface area contributed by atoms with E-state index in [2.05, 4.69) is 5.32 Å². The first-order valence-electron chi connectivity index (χ1n) is 15.0. The molecule has 0 radical (unpaired) electrons. The molecule has 228 valence electrons. The number of rotatable bonds is 9. The van der Waals surface area contributed by atoms with Gasteiger partial charge in [0.1, 0.15) is 18.2 Å². The Bertz CT molecular complexity index is 1490. The largest absolute Gasteiger partial charge is 0.344 e. The van der Waals surface area contributed by atoms with Gasteiger partial charge in [-0.1, -0.05) is 58.0 Å². The minimum atomic E-state index is -0.541. The molecule has 3 amide bonds. The molecule has 3 aromatic rings. The predicted molar refractivity (Wildman–Crippen MR) is 161 cm³/mol. The van der Waals surface area contributed by atoms with Crippen molar-refractivity contribution >= 4 is 17.7 Å². The van der Waals surface area contributed by atoms with Crippen molar-refractivity contribution in [2.45, 2.75) is 53.1 Å². The average Bonchev–Trinajstić information content (AvgIpc) is 3.67. The minimum Gasteiger partial charge on any atom is -0.344 e. The highest BCUT2D eigenvalue weighted by atomic mass is 19.1. The van der Waals surface area contributed by atoms with Gasteiger partial charge in [0.25, 0.3) is 0 Å². The third-order valence-electron chi connectivity index (χ3n) is 8.48. The Balaban J connectivity index is 1.62. The summed E-state index contributed by atoms with van der Waals surface area (Å²) in [6.45, 7) is 10.00. The predicted octanol–water partition coefficient (Wildman–Crippen LogP) is 5.40. The van der Waals surface area contributed by atoms with E-state index in [0.29, 0.717) is 18.7 Å². The summed E-state index contributed by atoms with van der Waals surface area (Å²) < 4.78 is 31.3. The van der Waals surface area contributed by atoms with Crippen molar-refractivity contribution in [2.24, 2.45) is 17.3 Å². The number of nitrogens with zero attached hydrogens (tertiary/aromatic N) is 3. The summed E-state index contributed by atoms with van der Waals surface area (Å²) in [6.07, 6.45) is 2.81. The van der Waals surface area contributed by atoms with Gasteiger partial charge in [0.15, 0.2) is 0 Å². The molecule has 2 aliphatic heterocycles. The number of hydrogen-bond donors (Lipinski definition) is 1. The monoisotopic (exact) mass is 590 g/mol. The van der Waals surface area contributed by atoms with Gasteiger partial charge in [0, 0.05) is 48.4 Å². The highest BCUT2D eigenvalue weighted by Crippen LogP contribution is 2.42. The van der Waals surface area contributed by atoms with Crippen LogP contribution in [-0.4, -0.2) is 58.3 Å². The molecule has 3 atom stereocenters. The number of nitrogens with one attached hydrogen (secondary N) is 1. The lowest BCUT2D eigenvalue weighted by molar-refractivity contribution is -0.148. The first kappa shape index (κ1) is 30.6. The van der Waals surface area contributed by atoms with Gasteiger partial charge in [0.2, 0.25) is 17.7 Å². The van der Waals surface area contributed by atoms with Crippen molar-refractivity contribution in [3.63, 3.8) is 0 Å². The molecule has 3 unspecified atom stereocenters. The molecular weight excluding hydrogens is 550 g/mol. The van der Waals surface area contributed by atoms with E-state index >= 15 is 4.39 Å². The molecule has 3 heterocycles. The van der Waals surface area contributed by atoms with E-state index in [0.717, 1.165) is 47.8 Å². The van der Waals surface area contributed by atoms with Crippen molar-refractivity contribution in [3.8, 4) is 11.1 Å². The number of halogens is 2. The maximum absolute atomic E-state index is 15.0. The molecule has 0 saturated carbocycles. The molecule has 2 fully saturated rings. The Kier molecular flexibility index (Phi) is 8.83. The van der Waals surface area contributed by atoms with Gasteiger partial charge < -0.3 is 14.8 Å². The van der Waals surface area contributed by atoms with Crippen LogP contribution in [0.1, 0.15) is 57.8 Å². The van der Waals surface area contributed by atoms with Crippen LogP contribution in [0.4, 0.5) is 8.78 Å². The summed E-state index contributed by atoms with van der Waals surface area (Å²) in [5, 5.41) is 3.37. The van der Waals surface area contributed by atoms with E-state index in [1.54, 1.807) is 6.92 Å². The van der Waals surface area contributed by atoms with Crippen LogP contribution in [0, 0.1) is 28.9 Å². The summed E-state index contributed by atoms with van der Waals surface area (Å²) in [7, 11) is 0. The highest BCUT2D eigenvalue weighted by Gasteiger charge is 2.42. The van der Waals surface area contributed by atoms with E-state index in [1.165, 1.54) is 6.07 Å². The van der Waals surface area contributed by atoms with Crippen LogP contribution in [0.15, 0.2) is 60.8 Å². The van der Waals surface area contributed by atoms with Crippen LogP contribution >= 0.6 is 0 Å². The number of benzene rings is 2. The Labute approximate surface area is 251 Å². The third kappa shape index (κ3) is 6.72. The van der Waals surface area contributed by atoms with E-state index in [-0.39, 0.29) is 42.2 Å². The van der Waals surface area contributed by atoms with Crippen molar-refractivity contribution in [1.82, 2.24) is 19.7 Å². The lowest BCUT2D eigenvalue weighted by Gasteiger charge is -2.42. The third-order valence-corrected chi connectivity index (χ3v) is 8.48. The van der Waals surface area contributed by atoms with Crippen LogP contribution < -0.4 is 5.32 Å². The van der Waals surface area contributed by atoms with Crippen molar-refractivity contribution < 1.29 is 23.2 Å². The number of carbonyl (C=O) groups is 3. The molecule has 43 heavy (non-hydrogen) atoms. The molecule has 0 spiro atoms. The molecule has 0 aliphatic carbocycles. The standard InChI is InChI=1S/C34H40F2N4O3/c1-22-14-30(41)40(33(22)43)21-31(42)39(19-24-12-13-37-17-24)32(34(2,3)4)29-15-25(27-16-26(35)10-11-28(27)36)20-38(29)18-23-8-6-5-7-9-23/h5-11,15-16,20,22,24,32,37H,12-14,17-19,21H2,1-4H3. The van der Waals surface area contributed by atoms with Crippen LogP contribution in [0.2, 0.25) is 0 Å². The fraction of sp³-hybridized carbons (Fsp3) is 0.441. The maximum atomic E-state index is 15.0. The van der Waals surface area contributed by atoms with Gasteiger partial charge in [-0.25, -0.2) is 8.78 Å². The van der Waals surface area contributed by atoms with Crippen LogP contribution in [0.5, 0.6) is 0 Å². The molecule has 5 rings (SSSR count). The number of carbonyl (C=O) groups excluding carboxylic acids is 3. The normalized spacial score (nSPS) is 19.7. The molecule has 2 aliphatic rings. The minimum absolute atomic E-state index is 0.101. The second kappa shape index (κ2) is 12.4. The van der Waals surface area contributed by atoms with Crippen molar-refractivity contribution in [3.05, 3.63) is 83.7 Å². The van der Waals surface area contributed by atoms with Gasteiger partial charge in [-0.15, -0.1) is 0 Å². The van der Waals surface area contributed by atoms with Crippen LogP contribution in [0.3, 0.4) is 0 Å². The molecule has 1 aromatic heterocycles. The maximum Gasteiger partial charge on any atom is 0.243 e. The highest BCUT2D eigenvalue weighted by molar-refractivity contribution is 6.05. The van der Waals surface area contributed by atoms with Crippen molar-refractivity contribution in [1.29, 1.82) is 0 Å². The topological polar surface area (TPSA) is 74.7 Å². The Morgan fingerprint density at radius 2 is 1.84 bits per heavy atom. The number of aromatic nitrogens is 1. The van der Waals surface area contributed by atoms with Gasteiger partial charge in [-0.3, -0.25) is 19.3 Å². The molecule has 2 saturated heterocycles. The second-order valence-corrected chi connectivity index (χ2v) is 13.0. The van der Waals surface area contributed by atoms with Gasteiger partial charge in [-0.05, 0) is 60.7 Å². The molecule has 1 N–H and O–H groups in total. The average molecular weight is 591 g/mol. The van der Waals surface area contributed by atoms with Crippen molar-refractivity contribution in [2.75, 3.05) is 26.2 Å². The molecule has 0 bridgehead atoms. The van der Waals surface area contributed by atoms with E-state index < -0.39 is 29.0 Å². The fourth-order valence-electron chi connectivity index (χ4n) is 6.35. The summed E-state index contributed by atoms with van der Waals surface area (Å²) in [6, 6.07) is 14.6. The quantitative estimate of drug-likeness (QED) is 0.339. The van der Waals surface area contributed by atoms with Gasteiger partial charge in [0.05, 0.1) is 6.04 Å². The van der Waals surface area contributed by atoms with E-state index in [9.17, 15) is 18.8 Å². The van der Waals surface area contributed by atoms with Gasteiger partial charge >= 0.3 is 0 Å².